The van der Waals surface area contributed by atoms with Crippen molar-refractivity contribution in [3.05, 3.63) is 34.1 Å². The van der Waals surface area contributed by atoms with E-state index in [2.05, 4.69) is 20.9 Å². The molecule has 0 saturated carbocycles. The number of benzene rings is 1. The van der Waals surface area contributed by atoms with Gasteiger partial charge in [0.05, 0.1) is 6.61 Å². The van der Waals surface area contributed by atoms with Gasteiger partial charge in [-0.25, -0.2) is 9.38 Å². The van der Waals surface area contributed by atoms with Crippen molar-refractivity contribution in [3.8, 4) is 0 Å². The molecule has 1 saturated heterocycles. The van der Waals surface area contributed by atoms with E-state index >= 15 is 0 Å². The van der Waals surface area contributed by atoms with Crippen molar-refractivity contribution < 1.29 is 9.13 Å². The second-order valence-electron chi connectivity index (χ2n) is 4.42. The third-order valence-electron chi connectivity index (χ3n) is 3.36. The van der Waals surface area contributed by atoms with Gasteiger partial charge in [-0.05, 0) is 24.6 Å². The second kappa shape index (κ2) is 4.51. The highest BCUT2D eigenvalue weighted by molar-refractivity contribution is 9.10. The Morgan fingerprint density at radius 2 is 2.39 bits per heavy atom. The molecule has 0 spiro atoms. The summed E-state index contributed by atoms with van der Waals surface area (Å²) in [7, 11) is 0. The second-order valence-corrected chi connectivity index (χ2v) is 6.37. The van der Waals surface area contributed by atoms with E-state index in [0.29, 0.717) is 17.3 Å². The fourth-order valence-electron chi connectivity index (χ4n) is 2.50. The van der Waals surface area contributed by atoms with Gasteiger partial charge in [0, 0.05) is 21.7 Å². The summed E-state index contributed by atoms with van der Waals surface area (Å²) in [6, 6.07) is 4.84. The SMILES string of the molecule is NC1=NC2(c3cc(Br)ccc3F)OCCC2CS1. The minimum atomic E-state index is -0.927. The molecule has 0 aromatic heterocycles. The van der Waals surface area contributed by atoms with Gasteiger partial charge < -0.3 is 10.5 Å². The summed E-state index contributed by atoms with van der Waals surface area (Å²) >= 11 is 4.88. The molecule has 1 aromatic rings. The van der Waals surface area contributed by atoms with Gasteiger partial charge in [-0.1, -0.05) is 27.7 Å². The number of hydrogen-bond acceptors (Lipinski definition) is 4. The van der Waals surface area contributed by atoms with Gasteiger partial charge in [0.25, 0.3) is 0 Å². The maximum absolute atomic E-state index is 14.1. The number of hydrogen-bond donors (Lipinski definition) is 1. The van der Waals surface area contributed by atoms with Crippen LogP contribution in [0.3, 0.4) is 0 Å². The number of nitrogens with zero attached hydrogens (tertiary/aromatic N) is 1. The summed E-state index contributed by atoms with van der Waals surface area (Å²) < 4.78 is 20.7. The Morgan fingerprint density at radius 1 is 1.56 bits per heavy atom. The molecule has 2 aliphatic rings. The van der Waals surface area contributed by atoms with Crippen LogP contribution in [0.25, 0.3) is 0 Å². The number of amidine groups is 1. The van der Waals surface area contributed by atoms with Gasteiger partial charge in [0.2, 0.25) is 0 Å². The predicted octanol–water partition coefficient (Wildman–Crippen LogP) is 2.84. The summed E-state index contributed by atoms with van der Waals surface area (Å²) in [5, 5.41) is 0.465. The maximum atomic E-state index is 14.1. The van der Waals surface area contributed by atoms with E-state index in [1.807, 2.05) is 0 Å². The summed E-state index contributed by atoms with van der Waals surface area (Å²) in [6.45, 7) is 0.591. The molecule has 3 nitrogen and oxygen atoms in total. The van der Waals surface area contributed by atoms with Gasteiger partial charge in [-0.15, -0.1) is 0 Å². The van der Waals surface area contributed by atoms with Crippen LogP contribution in [-0.4, -0.2) is 17.5 Å². The number of nitrogens with two attached hydrogens (primary N) is 1. The molecule has 2 aliphatic heterocycles. The van der Waals surface area contributed by atoms with Crippen molar-refractivity contribution in [3.63, 3.8) is 0 Å². The zero-order chi connectivity index (χ0) is 12.8. The topological polar surface area (TPSA) is 47.6 Å². The zero-order valence-corrected chi connectivity index (χ0v) is 11.9. The molecule has 2 atom stereocenters. The van der Waals surface area contributed by atoms with Crippen LogP contribution in [0.2, 0.25) is 0 Å². The van der Waals surface area contributed by atoms with E-state index in [0.717, 1.165) is 16.6 Å². The molecule has 2 unspecified atom stereocenters. The molecule has 1 aromatic carbocycles. The van der Waals surface area contributed by atoms with Gasteiger partial charge in [-0.2, -0.15) is 0 Å². The predicted molar refractivity (Wildman–Crippen MR) is 73.9 cm³/mol. The highest BCUT2D eigenvalue weighted by Crippen LogP contribution is 2.48. The number of aliphatic imine (C=N–C) groups is 1. The van der Waals surface area contributed by atoms with Crippen molar-refractivity contribution in [2.24, 2.45) is 16.6 Å². The molecule has 2 heterocycles. The van der Waals surface area contributed by atoms with E-state index < -0.39 is 5.72 Å². The number of halogens is 2. The van der Waals surface area contributed by atoms with Gasteiger partial charge in [0.15, 0.2) is 10.9 Å². The van der Waals surface area contributed by atoms with E-state index in [-0.39, 0.29) is 11.7 Å². The minimum absolute atomic E-state index is 0.179. The first-order chi connectivity index (χ1) is 8.62. The molecule has 0 aliphatic carbocycles. The van der Waals surface area contributed by atoms with Crippen LogP contribution in [-0.2, 0) is 10.5 Å². The zero-order valence-electron chi connectivity index (χ0n) is 9.53. The monoisotopic (exact) mass is 330 g/mol. The van der Waals surface area contributed by atoms with Crippen molar-refractivity contribution in [2.75, 3.05) is 12.4 Å². The number of rotatable bonds is 1. The van der Waals surface area contributed by atoms with Gasteiger partial charge >= 0.3 is 0 Å². The molecular formula is C12H12BrFN2OS. The van der Waals surface area contributed by atoms with Crippen molar-refractivity contribution >= 4 is 32.9 Å². The van der Waals surface area contributed by atoms with Crippen LogP contribution >= 0.6 is 27.7 Å². The smallest absolute Gasteiger partial charge is 0.194 e. The Morgan fingerprint density at radius 3 is 3.22 bits per heavy atom. The average Bonchev–Trinajstić information content (AvgIpc) is 2.76. The number of ether oxygens (including phenoxy) is 1. The van der Waals surface area contributed by atoms with Crippen molar-refractivity contribution in [1.82, 2.24) is 0 Å². The molecule has 2 N–H and O–H groups in total. The first-order valence-corrected chi connectivity index (χ1v) is 7.47. The van der Waals surface area contributed by atoms with Crippen LogP contribution in [0.5, 0.6) is 0 Å². The lowest BCUT2D eigenvalue weighted by Crippen LogP contribution is -2.38. The summed E-state index contributed by atoms with van der Waals surface area (Å²) in [5.74, 6) is 0.702. The van der Waals surface area contributed by atoms with Crippen LogP contribution in [0, 0.1) is 11.7 Å². The fourth-order valence-corrected chi connectivity index (χ4v) is 3.83. The Kier molecular flexibility index (Phi) is 3.11. The number of thioether (sulfide) groups is 1. The molecule has 6 heteroatoms. The van der Waals surface area contributed by atoms with Crippen LogP contribution in [0.15, 0.2) is 27.7 Å². The Bertz CT molecular complexity index is 525. The molecular weight excluding hydrogens is 319 g/mol. The molecule has 0 radical (unpaired) electrons. The molecule has 96 valence electrons. The lowest BCUT2D eigenvalue weighted by atomic mass is 9.90. The summed E-state index contributed by atoms with van der Waals surface area (Å²) in [5.41, 5.74) is 5.35. The largest absolute Gasteiger partial charge is 0.378 e. The van der Waals surface area contributed by atoms with Crippen molar-refractivity contribution in [2.45, 2.75) is 12.1 Å². The van der Waals surface area contributed by atoms with Crippen LogP contribution in [0.1, 0.15) is 12.0 Å². The van der Waals surface area contributed by atoms with Crippen LogP contribution in [0.4, 0.5) is 4.39 Å². The van der Waals surface area contributed by atoms with Crippen molar-refractivity contribution in [1.29, 1.82) is 0 Å². The van der Waals surface area contributed by atoms with E-state index in [1.165, 1.54) is 17.8 Å². The molecule has 18 heavy (non-hydrogen) atoms. The first kappa shape index (κ1) is 12.4. The third kappa shape index (κ3) is 1.87. The lowest BCUT2D eigenvalue weighted by Gasteiger charge is -2.34. The van der Waals surface area contributed by atoms with E-state index in [4.69, 9.17) is 10.5 Å². The molecule has 1 fully saturated rings. The quantitative estimate of drug-likeness (QED) is 0.861. The van der Waals surface area contributed by atoms with Gasteiger partial charge in [0.1, 0.15) is 5.82 Å². The average molecular weight is 331 g/mol. The third-order valence-corrected chi connectivity index (χ3v) is 4.81. The van der Waals surface area contributed by atoms with E-state index in [9.17, 15) is 4.39 Å². The van der Waals surface area contributed by atoms with Crippen LogP contribution < -0.4 is 5.73 Å². The highest BCUT2D eigenvalue weighted by atomic mass is 79.9. The molecule has 3 rings (SSSR count). The molecule has 0 bridgehead atoms. The standard InChI is InChI=1S/C12H12BrFN2OS/c13-8-1-2-10(14)9(5-8)12-7(3-4-17-12)6-18-11(15)16-12/h1-2,5,7H,3-4,6H2,(H2,15,16). The molecule has 0 amide bonds. The number of fused-ring (bicyclic) bond motifs is 1. The normalized spacial score (nSPS) is 31.0. The summed E-state index contributed by atoms with van der Waals surface area (Å²) in [4.78, 5) is 4.42. The highest BCUT2D eigenvalue weighted by Gasteiger charge is 2.49. The van der Waals surface area contributed by atoms with Gasteiger partial charge in [-0.3, -0.25) is 0 Å². The van der Waals surface area contributed by atoms with E-state index in [1.54, 1.807) is 12.1 Å². The first-order valence-electron chi connectivity index (χ1n) is 5.69. The minimum Gasteiger partial charge on any atom is -0.378 e. The maximum Gasteiger partial charge on any atom is 0.194 e. The summed E-state index contributed by atoms with van der Waals surface area (Å²) in [6.07, 6.45) is 0.885. The Balaban J connectivity index is 2.17. The lowest BCUT2D eigenvalue weighted by molar-refractivity contribution is -0.0171. The fraction of sp³-hybridized carbons (Fsp3) is 0.417. The Hall–Kier alpha value is -0.590. The Labute approximate surface area is 117 Å².